The number of amides is 2. The molecule has 0 bridgehead atoms. The number of urea groups is 1. The van der Waals surface area contributed by atoms with Gasteiger partial charge in [-0.25, -0.2) is 18.3 Å². The van der Waals surface area contributed by atoms with Crippen LogP contribution < -0.4 is 20.3 Å². The predicted molar refractivity (Wildman–Crippen MR) is 143 cm³/mol. The summed E-state index contributed by atoms with van der Waals surface area (Å²) in [6.45, 7) is 1.91. The van der Waals surface area contributed by atoms with Crippen molar-refractivity contribution in [3.63, 3.8) is 0 Å². The third-order valence-electron chi connectivity index (χ3n) is 6.79. The summed E-state index contributed by atoms with van der Waals surface area (Å²) in [6.07, 6.45) is 2.29. The van der Waals surface area contributed by atoms with Crippen molar-refractivity contribution < 1.29 is 28.5 Å². The highest BCUT2D eigenvalue weighted by atomic mass is 19.2. The minimum Gasteiger partial charge on any atom is -0.474 e. The van der Waals surface area contributed by atoms with Gasteiger partial charge in [-0.15, -0.1) is 5.10 Å². The second-order valence-corrected chi connectivity index (χ2v) is 9.52. The molecule has 0 aliphatic carbocycles. The Morgan fingerprint density at radius 3 is 2.67 bits per heavy atom. The van der Waals surface area contributed by atoms with Gasteiger partial charge in [-0.2, -0.15) is 5.10 Å². The van der Waals surface area contributed by atoms with E-state index >= 15 is 0 Å². The van der Waals surface area contributed by atoms with Gasteiger partial charge in [0.2, 0.25) is 5.88 Å². The molecule has 2 aromatic carbocycles. The van der Waals surface area contributed by atoms with Gasteiger partial charge in [0.15, 0.2) is 11.6 Å². The zero-order chi connectivity index (χ0) is 28.2. The topological polar surface area (TPSA) is 141 Å². The van der Waals surface area contributed by atoms with Gasteiger partial charge in [0.25, 0.3) is 0 Å². The Labute approximate surface area is 228 Å². The number of nitrogens with one attached hydrogen (secondary N) is 3. The molecule has 0 unspecified atom stereocenters. The lowest BCUT2D eigenvalue weighted by molar-refractivity contribution is 0.0518. The first-order valence-electron chi connectivity index (χ1n) is 12.7. The van der Waals surface area contributed by atoms with Gasteiger partial charge in [0, 0.05) is 25.2 Å². The van der Waals surface area contributed by atoms with Gasteiger partial charge in [0.1, 0.15) is 18.5 Å². The fraction of sp³-hybridized carbons (Fsp3) is 0.296. The summed E-state index contributed by atoms with van der Waals surface area (Å²) in [5.74, 6) is -1.71. The highest BCUT2D eigenvalue weighted by molar-refractivity contribution is 5.90. The molecule has 1 saturated heterocycles. The Balaban J connectivity index is 1.39. The second kappa shape index (κ2) is 11.7. The van der Waals surface area contributed by atoms with Crippen LogP contribution in [0.4, 0.5) is 25.1 Å². The maximum Gasteiger partial charge on any atom is 0.320 e. The first-order valence-corrected chi connectivity index (χ1v) is 12.7. The first-order chi connectivity index (χ1) is 19.3. The highest BCUT2D eigenvalue weighted by Crippen LogP contribution is 2.32. The molecular weight excluding hydrogens is 524 g/mol. The van der Waals surface area contributed by atoms with Crippen molar-refractivity contribution in [2.24, 2.45) is 0 Å². The molecule has 1 aliphatic rings. The average Bonchev–Trinajstić information content (AvgIpc) is 3.70. The Bertz CT molecular complexity index is 1450. The fourth-order valence-corrected chi connectivity index (χ4v) is 4.71. The number of hydrogen-bond acceptors (Lipinski definition) is 7. The molecule has 1 fully saturated rings. The van der Waals surface area contributed by atoms with Crippen LogP contribution in [-0.2, 0) is 0 Å². The molecule has 40 heavy (non-hydrogen) atoms. The van der Waals surface area contributed by atoms with Crippen LogP contribution in [0.25, 0.3) is 5.69 Å². The molecule has 0 saturated carbocycles. The number of nitrogens with zero attached hydrogens (tertiary/aromatic N) is 4. The van der Waals surface area contributed by atoms with E-state index in [1.807, 2.05) is 23.1 Å². The third kappa shape index (κ3) is 5.75. The number of carbonyl (C=O) groups excluding carboxylic acids is 1. The van der Waals surface area contributed by atoms with Gasteiger partial charge in [0.05, 0.1) is 35.8 Å². The van der Waals surface area contributed by atoms with Gasteiger partial charge < -0.3 is 25.2 Å². The zero-order valence-corrected chi connectivity index (χ0v) is 21.6. The lowest BCUT2D eigenvalue weighted by Gasteiger charge is -2.21. The SMILES string of the molecule is Cc1c(OC[C@H](O)CO)nn(-c2ccccc2)c1NC(=O)N[C@@H]1CN(c2cn[nH]c2)C[C@H]1c1ccc(F)c(F)c1. The molecule has 1 aliphatic heterocycles. The van der Waals surface area contributed by atoms with Crippen molar-refractivity contribution >= 4 is 17.5 Å². The van der Waals surface area contributed by atoms with Crippen molar-refractivity contribution in [3.05, 3.63) is 83.7 Å². The van der Waals surface area contributed by atoms with E-state index in [1.165, 1.54) is 10.7 Å². The minimum atomic E-state index is -1.09. The summed E-state index contributed by atoms with van der Waals surface area (Å²) >= 11 is 0. The highest BCUT2D eigenvalue weighted by Gasteiger charge is 2.36. The van der Waals surface area contributed by atoms with Crippen LogP contribution >= 0.6 is 0 Å². The molecule has 4 aromatic rings. The standard InChI is InChI=1S/C27H29F2N7O4/c1-16-25(36(18-5-3-2-4-6-18)34-26(16)40-15-20(38)14-37)33-27(39)32-24-13-35(19-10-30-31-11-19)12-21(24)17-7-8-22(28)23(29)9-17/h2-11,20-21,24,37-38H,12-15H2,1H3,(H,30,31)(H2,32,33,39)/t20-,21+,24-/m1/s1. The van der Waals surface area contributed by atoms with Gasteiger partial charge >= 0.3 is 6.03 Å². The molecule has 2 amide bonds. The quantitative estimate of drug-likeness (QED) is 0.215. The van der Waals surface area contributed by atoms with Crippen molar-refractivity contribution in [2.75, 3.05) is 36.5 Å². The van der Waals surface area contributed by atoms with Crippen molar-refractivity contribution in [1.29, 1.82) is 0 Å². The molecule has 5 N–H and O–H groups in total. The molecule has 0 spiro atoms. The Morgan fingerprint density at radius 1 is 1.18 bits per heavy atom. The van der Waals surface area contributed by atoms with E-state index in [0.29, 0.717) is 35.7 Å². The second-order valence-electron chi connectivity index (χ2n) is 9.52. The summed E-state index contributed by atoms with van der Waals surface area (Å²) < 4.78 is 34.9. The molecule has 0 radical (unpaired) electrons. The van der Waals surface area contributed by atoms with Crippen LogP contribution in [0.3, 0.4) is 0 Å². The predicted octanol–water partition coefficient (Wildman–Crippen LogP) is 2.71. The van der Waals surface area contributed by atoms with Crippen LogP contribution in [0.15, 0.2) is 60.9 Å². The largest absolute Gasteiger partial charge is 0.474 e. The minimum absolute atomic E-state index is 0.179. The number of anilines is 2. The van der Waals surface area contributed by atoms with Gasteiger partial charge in [-0.3, -0.25) is 10.4 Å². The number of hydrogen-bond donors (Lipinski definition) is 5. The molecule has 210 valence electrons. The van der Waals surface area contributed by atoms with E-state index in [9.17, 15) is 18.7 Å². The number of rotatable bonds is 9. The monoisotopic (exact) mass is 553 g/mol. The van der Waals surface area contributed by atoms with Crippen molar-refractivity contribution in [3.8, 4) is 11.6 Å². The van der Waals surface area contributed by atoms with Crippen LogP contribution in [0.1, 0.15) is 17.0 Å². The molecule has 13 heteroatoms. The van der Waals surface area contributed by atoms with Gasteiger partial charge in [-0.1, -0.05) is 24.3 Å². The van der Waals surface area contributed by atoms with E-state index in [2.05, 4.69) is 25.9 Å². The summed E-state index contributed by atoms with van der Waals surface area (Å²) in [6, 6.07) is 11.9. The fourth-order valence-electron chi connectivity index (χ4n) is 4.71. The Morgan fingerprint density at radius 2 is 1.98 bits per heavy atom. The smallest absolute Gasteiger partial charge is 0.320 e. The van der Waals surface area contributed by atoms with E-state index in [-0.39, 0.29) is 18.4 Å². The van der Waals surface area contributed by atoms with E-state index in [4.69, 9.17) is 9.84 Å². The third-order valence-corrected chi connectivity index (χ3v) is 6.79. The number of ether oxygens (including phenoxy) is 1. The van der Waals surface area contributed by atoms with E-state index in [1.54, 1.807) is 31.5 Å². The number of aromatic amines is 1. The zero-order valence-electron chi connectivity index (χ0n) is 21.6. The summed E-state index contributed by atoms with van der Waals surface area (Å²) in [7, 11) is 0. The van der Waals surface area contributed by atoms with Crippen LogP contribution in [-0.4, -0.2) is 74.7 Å². The summed E-state index contributed by atoms with van der Waals surface area (Å²) in [5, 5.41) is 35.9. The van der Waals surface area contributed by atoms with E-state index < -0.39 is 36.4 Å². The summed E-state index contributed by atoms with van der Waals surface area (Å²) in [4.78, 5) is 15.4. The molecule has 5 rings (SSSR count). The number of aromatic nitrogens is 4. The van der Waals surface area contributed by atoms with Gasteiger partial charge in [-0.05, 0) is 36.8 Å². The summed E-state index contributed by atoms with van der Waals surface area (Å²) in [5.41, 5.74) is 2.53. The van der Waals surface area contributed by atoms with Crippen LogP contribution in [0, 0.1) is 18.6 Å². The Hall–Kier alpha value is -4.49. The number of para-hydroxylation sites is 1. The number of aliphatic hydroxyl groups excluding tert-OH is 2. The number of H-pyrrole nitrogens is 1. The van der Waals surface area contributed by atoms with Crippen molar-refractivity contribution in [1.82, 2.24) is 25.3 Å². The average molecular weight is 554 g/mol. The normalized spacial score (nSPS) is 17.6. The number of carbonyl (C=O) groups is 1. The first kappa shape index (κ1) is 27.1. The van der Waals surface area contributed by atoms with Crippen LogP contribution in [0.2, 0.25) is 0 Å². The number of benzene rings is 2. The molecule has 3 heterocycles. The molecular formula is C27H29F2N7O4. The van der Waals surface area contributed by atoms with Crippen LogP contribution in [0.5, 0.6) is 5.88 Å². The lowest BCUT2D eigenvalue weighted by Crippen LogP contribution is -2.42. The molecule has 2 aromatic heterocycles. The lowest BCUT2D eigenvalue weighted by atomic mass is 9.94. The maximum atomic E-state index is 14.1. The van der Waals surface area contributed by atoms with E-state index in [0.717, 1.165) is 17.8 Å². The van der Waals surface area contributed by atoms with Crippen molar-refractivity contribution in [2.45, 2.75) is 25.0 Å². The molecule has 3 atom stereocenters. The number of halogens is 2. The Kier molecular flexibility index (Phi) is 7.94. The maximum absolute atomic E-state index is 14.1. The molecule has 11 nitrogen and oxygen atoms in total. The number of aliphatic hydroxyl groups is 2.